The van der Waals surface area contributed by atoms with Crippen LogP contribution in [0, 0.1) is 0 Å². The molecule has 110 valence electrons. The number of carbonyl (C=O) groups is 2. The summed E-state index contributed by atoms with van der Waals surface area (Å²) in [4.78, 5) is 27.9. The molecule has 3 N–H and O–H groups in total. The molecule has 0 aliphatic carbocycles. The molecule has 0 atom stereocenters. The average molecular weight is 294 g/mol. The summed E-state index contributed by atoms with van der Waals surface area (Å²) in [6.07, 6.45) is 1.69. The summed E-state index contributed by atoms with van der Waals surface area (Å²) in [5.41, 5.74) is 8.10. The van der Waals surface area contributed by atoms with E-state index < -0.39 is 5.91 Å². The number of amides is 2. The number of aromatic nitrogens is 2. The van der Waals surface area contributed by atoms with Crippen molar-refractivity contribution in [2.75, 3.05) is 5.32 Å². The van der Waals surface area contributed by atoms with Crippen LogP contribution < -0.4 is 11.1 Å². The van der Waals surface area contributed by atoms with E-state index in [-0.39, 0.29) is 11.5 Å². The van der Waals surface area contributed by atoms with Crippen molar-refractivity contribution < 1.29 is 9.59 Å². The minimum absolute atomic E-state index is 0.273. The van der Waals surface area contributed by atoms with Gasteiger partial charge in [-0.3, -0.25) is 9.59 Å². The van der Waals surface area contributed by atoms with E-state index in [0.29, 0.717) is 11.3 Å². The van der Waals surface area contributed by atoms with Gasteiger partial charge in [0.1, 0.15) is 0 Å². The van der Waals surface area contributed by atoms with Gasteiger partial charge in [0.25, 0.3) is 11.8 Å². The normalized spacial score (nSPS) is 10.6. The van der Waals surface area contributed by atoms with Crippen LogP contribution in [0.4, 0.5) is 5.69 Å². The molecule has 0 fully saturated rings. The number of nitrogens with one attached hydrogen (secondary N) is 1. The quantitative estimate of drug-likeness (QED) is 0.773. The molecule has 0 saturated carbocycles. The first-order chi connectivity index (χ1) is 10.6. The van der Waals surface area contributed by atoms with Crippen molar-refractivity contribution in [2.45, 2.75) is 0 Å². The molecular weight excluding hydrogens is 280 g/mol. The van der Waals surface area contributed by atoms with Crippen LogP contribution >= 0.6 is 0 Å². The fourth-order valence-electron chi connectivity index (χ4n) is 2.28. The highest BCUT2D eigenvalue weighted by atomic mass is 16.2. The fraction of sp³-hybridized carbons (Fsp3) is 0.0625. The van der Waals surface area contributed by atoms with Crippen molar-refractivity contribution in [1.29, 1.82) is 0 Å². The molecule has 0 bridgehead atoms. The standard InChI is InChI=1S/C16H14N4O2/c1-20-9-18-13-8-10(6-7-14(13)20)16(22)19-12-5-3-2-4-11(12)15(17)21/h2-9H,1H3,(H2,17,21)(H,19,22). The lowest BCUT2D eigenvalue weighted by Gasteiger charge is -2.08. The lowest BCUT2D eigenvalue weighted by atomic mass is 10.1. The number of rotatable bonds is 3. The molecular formula is C16H14N4O2. The Morgan fingerprint density at radius 2 is 1.95 bits per heavy atom. The van der Waals surface area contributed by atoms with Crippen molar-refractivity contribution in [1.82, 2.24) is 9.55 Å². The Bertz CT molecular complexity index is 883. The van der Waals surface area contributed by atoms with Gasteiger partial charge in [0.2, 0.25) is 0 Å². The first kappa shape index (κ1) is 13.8. The number of primary amides is 1. The summed E-state index contributed by atoms with van der Waals surface area (Å²) >= 11 is 0. The zero-order valence-corrected chi connectivity index (χ0v) is 11.9. The summed E-state index contributed by atoms with van der Waals surface area (Å²) in [7, 11) is 1.89. The molecule has 3 rings (SSSR count). The Labute approximate surface area is 126 Å². The molecule has 2 aromatic carbocycles. The number of imidazole rings is 1. The van der Waals surface area contributed by atoms with Crippen LogP contribution in [-0.4, -0.2) is 21.4 Å². The van der Waals surface area contributed by atoms with E-state index >= 15 is 0 Å². The van der Waals surface area contributed by atoms with Gasteiger partial charge < -0.3 is 15.6 Å². The van der Waals surface area contributed by atoms with Gasteiger partial charge in [-0.25, -0.2) is 4.98 Å². The first-order valence-electron chi connectivity index (χ1n) is 6.67. The lowest BCUT2D eigenvalue weighted by molar-refractivity contribution is 0.100. The van der Waals surface area contributed by atoms with E-state index in [1.165, 1.54) is 0 Å². The van der Waals surface area contributed by atoms with Crippen molar-refractivity contribution in [2.24, 2.45) is 12.8 Å². The highest BCUT2D eigenvalue weighted by Crippen LogP contribution is 2.18. The Hall–Kier alpha value is -3.15. The molecule has 6 heteroatoms. The molecule has 1 heterocycles. The van der Waals surface area contributed by atoms with Crippen LogP contribution in [0.5, 0.6) is 0 Å². The predicted molar refractivity (Wildman–Crippen MR) is 83.6 cm³/mol. The number of carbonyl (C=O) groups excluding carboxylic acids is 2. The molecule has 6 nitrogen and oxygen atoms in total. The van der Waals surface area contributed by atoms with E-state index in [1.807, 2.05) is 17.7 Å². The van der Waals surface area contributed by atoms with Gasteiger partial charge in [-0.05, 0) is 30.3 Å². The van der Waals surface area contributed by atoms with Crippen LogP contribution in [0.15, 0.2) is 48.8 Å². The second kappa shape index (κ2) is 5.33. The summed E-state index contributed by atoms with van der Waals surface area (Å²) in [5, 5.41) is 2.71. The molecule has 0 saturated heterocycles. The lowest BCUT2D eigenvalue weighted by Crippen LogP contribution is -2.18. The summed E-state index contributed by atoms with van der Waals surface area (Å²) < 4.78 is 1.87. The van der Waals surface area contributed by atoms with Crippen molar-refractivity contribution in [3.05, 3.63) is 59.9 Å². The fourth-order valence-corrected chi connectivity index (χ4v) is 2.28. The van der Waals surface area contributed by atoms with Crippen LogP contribution in [0.3, 0.4) is 0 Å². The maximum absolute atomic E-state index is 12.3. The van der Waals surface area contributed by atoms with Gasteiger partial charge >= 0.3 is 0 Å². The number of para-hydroxylation sites is 1. The highest BCUT2D eigenvalue weighted by Gasteiger charge is 2.12. The molecule has 0 aliphatic heterocycles. The zero-order valence-electron chi connectivity index (χ0n) is 11.9. The van der Waals surface area contributed by atoms with Gasteiger partial charge in [-0.1, -0.05) is 12.1 Å². The topological polar surface area (TPSA) is 90.0 Å². The van der Waals surface area contributed by atoms with Crippen LogP contribution in [0.1, 0.15) is 20.7 Å². The second-order valence-electron chi connectivity index (χ2n) is 4.92. The average Bonchev–Trinajstić information content (AvgIpc) is 2.88. The van der Waals surface area contributed by atoms with E-state index in [0.717, 1.165) is 11.0 Å². The number of hydrogen-bond acceptors (Lipinski definition) is 3. The van der Waals surface area contributed by atoms with E-state index in [4.69, 9.17) is 5.73 Å². The summed E-state index contributed by atoms with van der Waals surface area (Å²) in [5.74, 6) is -0.905. The van der Waals surface area contributed by atoms with E-state index in [9.17, 15) is 9.59 Å². The summed E-state index contributed by atoms with van der Waals surface area (Å²) in [6, 6.07) is 11.9. The van der Waals surface area contributed by atoms with Crippen LogP contribution in [0.2, 0.25) is 0 Å². The Kier molecular flexibility index (Phi) is 3.34. The largest absolute Gasteiger partial charge is 0.366 e. The van der Waals surface area contributed by atoms with Gasteiger partial charge in [-0.15, -0.1) is 0 Å². The molecule has 22 heavy (non-hydrogen) atoms. The van der Waals surface area contributed by atoms with E-state index in [2.05, 4.69) is 10.3 Å². The highest BCUT2D eigenvalue weighted by molar-refractivity contribution is 6.09. The van der Waals surface area contributed by atoms with Gasteiger partial charge in [0.15, 0.2) is 0 Å². The van der Waals surface area contributed by atoms with Crippen molar-refractivity contribution in [3.8, 4) is 0 Å². The number of nitrogens with zero attached hydrogens (tertiary/aromatic N) is 2. The smallest absolute Gasteiger partial charge is 0.255 e. The second-order valence-corrected chi connectivity index (χ2v) is 4.92. The number of fused-ring (bicyclic) bond motifs is 1. The first-order valence-corrected chi connectivity index (χ1v) is 6.67. The third kappa shape index (κ3) is 2.42. The number of anilines is 1. The third-order valence-electron chi connectivity index (χ3n) is 3.43. The molecule has 0 aliphatic rings. The molecule has 3 aromatic rings. The maximum atomic E-state index is 12.3. The monoisotopic (exact) mass is 294 g/mol. The minimum Gasteiger partial charge on any atom is -0.366 e. The number of benzene rings is 2. The summed E-state index contributed by atoms with van der Waals surface area (Å²) in [6.45, 7) is 0. The van der Waals surface area contributed by atoms with Gasteiger partial charge in [0.05, 0.1) is 28.6 Å². The number of hydrogen-bond donors (Lipinski definition) is 2. The molecule has 0 radical (unpaired) electrons. The van der Waals surface area contributed by atoms with E-state index in [1.54, 1.807) is 42.7 Å². The van der Waals surface area contributed by atoms with Gasteiger partial charge in [0, 0.05) is 12.6 Å². The number of aryl methyl sites for hydroxylation is 1. The Morgan fingerprint density at radius 3 is 2.73 bits per heavy atom. The van der Waals surface area contributed by atoms with Crippen LogP contribution in [0.25, 0.3) is 11.0 Å². The number of nitrogens with two attached hydrogens (primary N) is 1. The third-order valence-corrected chi connectivity index (χ3v) is 3.43. The zero-order chi connectivity index (χ0) is 15.7. The molecule has 2 amide bonds. The van der Waals surface area contributed by atoms with Gasteiger partial charge in [-0.2, -0.15) is 0 Å². The Balaban J connectivity index is 1.92. The van der Waals surface area contributed by atoms with Crippen molar-refractivity contribution in [3.63, 3.8) is 0 Å². The van der Waals surface area contributed by atoms with Crippen molar-refractivity contribution >= 4 is 28.5 Å². The molecule has 0 spiro atoms. The van der Waals surface area contributed by atoms with Crippen LogP contribution in [-0.2, 0) is 7.05 Å². The predicted octanol–water partition coefficient (Wildman–Crippen LogP) is 1.92. The molecule has 0 unspecified atom stereocenters. The Morgan fingerprint density at radius 1 is 1.18 bits per heavy atom. The minimum atomic E-state index is -0.587. The SMILES string of the molecule is Cn1cnc2cc(C(=O)Nc3ccccc3C(N)=O)ccc21. The molecule has 1 aromatic heterocycles. The maximum Gasteiger partial charge on any atom is 0.255 e.